The Bertz CT molecular complexity index is 414. The first-order chi connectivity index (χ1) is 8.06. The van der Waals surface area contributed by atoms with Crippen molar-refractivity contribution in [3.8, 4) is 0 Å². The zero-order valence-electron chi connectivity index (χ0n) is 9.98. The smallest absolute Gasteiger partial charge is 0.255 e. The number of halogens is 1. The van der Waals surface area contributed by atoms with E-state index in [1.165, 1.54) is 12.3 Å². The van der Waals surface area contributed by atoms with Crippen molar-refractivity contribution in [2.45, 2.75) is 25.9 Å². The summed E-state index contributed by atoms with van der Waals surface area (Å²) in [5.74, 6) is -0.635. The minimum absolute atomic E-state index is 0.155. The molecular weight excluding hydrogens is 221 g/mol. The maximum absolute atomic E-state index is 13.0. The average Bonchev–Trinajstić information content (AvgIpc) is 2.26. The van der Waals surface area contributed by atoms with Crippen molar-refractivity contribution >= 4 is 5.91 Å². The molecule has 2 unspecified atom stereocenters. The van der Waals surface area contributed by atoms with Gasteiger partial charge in [-0.25, -0.2) is 4.39 Å². The third-order valence-corrected chi connectivity index (χ3v) is 2.80. The molecule has 1 aromatic rings. The summed E-state index contributed by atoms with van der Waals surface area (Å²) >= 11 is 0. The van der Waals surface area contributed by atoms with Crippen LogP contribution in [0.1, 0.15) is 24.2 Å². The Balaban J connectivity index is 2.14. The zero-order chi connectivity index (χ0) is 12.4. The largest absolute Gasteiger partial charge is 0.335 e. The van der Waals surface area contributed by atoms with Crippen LogP contribution in [0, 0.1) is 5.82 Å². The van der Waals surface area contributed by atoms with Gasteiger partial charge in [-0.1, -0.05) is 0 Å². The van der Waals surface area contributed by atoms with E-state index in [0.29, 0.717) is 18.7 Å². The molecule has 0 spiro atoms. The van der Waals surface area contributed by atoms with E-state index in [0.717, 1.165) is 6.20 Å². The number of rotatable bonds is 1. The van der Waals surface area contributed by atoms with E-state index >= 15 is 0 Å². The number of carbonyl (C=O) groups is 1. The lowest BCUT2D eigenvalue weighted by Crippen LogP contribution is -2.55. The summed E-state index contributed by atoms with van der Waals surface area (Å²) in [4.78, 5) is 17.6. The molecule has 0 aliphatic carbocycles. The van der Waals surface area contributed by atoms with Gasteiger partial charge in [0.05, 0.1) is 11.8 Å². The van der Waals surface area contributed by atoms with Gasteiger partial charge >= 0.3 is 0 Å². The lowest BCUT2D eigenvalue weighted by molar-refractivity contribution is 0.0673. The van der Waals surface area contributed by atoms with Crippen molar-refractivity contribution in [2.24, 2.45) is 0 Å². The first kappa shape index (κ1) is 12.0. The monoisotopic (exact) mass is 237 g/mol. The Labute approximate surface area is 99.8 Å². The van der Waals surface area contributed by atoms with Gasteiger partial charge in [0, 0.05) is 31.4 Å². The Kier molecular flexibility index (Phi) is 3.38. The van der Waals surface area contributed by atoms with Crippen LogP contribution in [-0.4, -0.2) is 41.0 Å². The van der Waals surface area contributed by atoms with Crippen LogP contribution in [0.3, 0.4) is 0 Å². The van der Waals surface area contributed by atoms with Crippen LogP contribution < -0.4 is 5.32 Å². The van der Waals surface area contributed by atoms with Crippen molar-refractivity contribution in [2.75, 3.05) is 13.1 Å². The number of piperazine rings is 1. The molecule has 92 valence electrons. The molecule has 0 aromatic carbocycles. The number of amides is 1. The maximum atomic E-state index is 13.0. The van der Waals surface area contributed by atoms with Crippen LogP contribution in [0.25, 0.3) is 0 Å². The van der Waals surface area contributed by atoms with Crippen molar-refractivity contribution in [3.63, 3.8) is 0 Å². The third-order valence-electron chi connectivity index (χ3n) is 2.80. The number of hydrogen-bond donors (Lipinski definition) is 1. The molecule has 1 saturated heterocycles. The van der Waals surface area contributed by atoms with Gasteiger partial charge in [-0.3, -0.25) is 9.78 Å². The summed E-state index contributed by atoms with van der Waals surface area (Å²) in [6.45, 7) is 5.33. The van der Waals surface area contributed by atoms with Gasteiger partial charge < -0.3 is 10.2 Å². The second kappa shape index (κ2) is 4.79. The summed E-state index contributed by atoms with van der Waals surface area (Å²) < 4.78 is 13.0. The molecule has 17 heavy (non-hydrogen) atoms. The summed E-state index contributed by atoms with van der Waals surface area (Å²) in [5.41, 5.74) is 0.311. The van der Waals surface area contributed by atoms with E-state index in [-0.39, 0.29) is 18.0 Å². The van der Waals surface area contributed by atoms with Crippen LogP contribution >= 0.6 is 0 Å². The number of nitrogens with zero attached hydrogens (tertiary/aromatic N) is 2. The fourth-order valence-corrected chi connectivity index (χ4v) is 2.20. The minimum atomic E-state index is -0.480. The number of pyridine rings is 1. The van der Waals surface area contributed by atoms with E-state index < -0.39 is 5.82 Å². The highest BCUT2D eigenvalue weighted by molar-refractivity contribution is 5.94. The summed E-state index contributed by atoms with van der Waals surface area (Å²) in [7, 11) is 0. The summed E-state index contributed by atoms with van der Waals surface area (Å²) in [5, 5.41) is 3.34. The van der Waals surface area contributed by atoms with Gasteiger partial charge in [0.25, 0.3) is 5.91 Å². The second-order valence-corrected chi connectivity index (χ2v) is 4.57. The number of hydrogen-bond acceptors (Lipinski definition) is 3. The van der Waals surface area contributed by atoms with E-state index in [9.17, 15) is 9.18 Å². The topological polar surface area (TPSA) is 45.2 Å². The number of carbonyl (C=O) groups excluding carboxylic acids is 1. The normalized spacial score (nSPS) is 24.8. The Morgan fingerprint density at radius 2 is 2.06 bits per heavy atom. The van der Waals surface area contributed by atoms with Crippen LogP contribution in [0.5, 0.6) is 0 Å². The van der Waals surface area contributed by atoms with E-state index in [4.69, 9.17) is 0 Å². The van der Waals surface area contributed by atoms with Crippen molar-refractivity contribution in [1.29, 1.82) is 0 Å². The van der Waals surface area contributed by atoms with Crippen LogP contribution in [0.4, 0.5) is 4.39 Å². The van der Waals surface area contributed by atoms with Gasteiger partial charge in [0.15, 0.2) is 0 Å². The molecule has 2 heterocycles. The molecule has 4 nitrogen and oxygen atoms in total. The fourth-order valence-electron chi connectivity index (χ4n) is 2.20. The van der Waals surface area contributed by atoms with Crippen molar-refractivity contribution in [3.05, 3.63) is 29.8 Å². The Hall–Kier alpha value is -1.49. The molecule has 0 radical (unpaired) electrons. The van der Waals surface area contributed by atoms with Gasteiger partial charge in [0.2, 0.25) is 0 Å². The predicted octanol–water partition coefficient (Wildman–Crippen LogP) is 1.04. The SMILES string of the molecule is CC1CN(C(=O)c2cncc(F)c2)CC(C)N1. The highest BCUT2D eigenvalue weighted by atomic mass is 19.1. The molecule has 1 aliphatic rings. The molecule has 0 bridgehead atoms. The standard InChI is InChI=1S/C12H16FN3O/c1-8-6-16(7-9(2)15-8)12(17)10-3-11(13)5-14-4-10/h3-5,8-9,15H,6-7H2,1-2H3. The molecule has 1 N–H and O–H groups in total. The van der Waals surface area contributed by atoms with E-state index in [1.54, 1.807) is 4.90 Å². The van der Waals surface area contributed by atoms with Gasteiger partial charge in [-0.15, -0.1) is 0 Å². The second-order valence-electron chi connectivity index (χ2n) is 4.57. The van der Waals surface area contributed by atoms with Gasteiger partial charge in [0.1, 0.15) is 5.82 Å². The fraction of sp³-hybridized carbons (Fsp3) is 0.500. The van der Waals surface area contributed by atoms with Crippen molar-refractivity contribution in [1.82, 2.24) is 15.2 Å². The van der Waals surface area contributed by atoms with E-state index in [2.05, 4.69) is 10.3 Å². The molecule has 1 aromatic heterocycles. The molecule has 2 atom stereocenters. The lowest BCUT2D eigenvalue weighted by atomic mass is 10.1. The number of aromatic nitrogens is 1. The molecular formula is C12H16FN3O. The molecule has 5 heteroatoms. The zero-order valence-corrected chi connectivity index (χ0v) is 9.98. The van der Waals surface area contributed by atoms with Crippen LogP contribution in [-0.2, 0) is 0 Å². The first-order valence-corrected chi connectivity index (χ1v) is 5.72. The Morgan fingerprint density at radius 3 is 2.65 bits per heavy atom. The minimum Gasteiger partial charge on any atom is -0.335 e. The number of nitrogens with one attached hydrogen (secondary N) is 1. The summed E-state index contributed by atoms with van der Waals surface area (Å²) in [6, 6.07) is 1.74. The summed E-state index contributed by atoms with van der Waals surface area (Å²) in [6.07, 6.45) is 2.50. The molecule has 1 fully saturated rings. The van der Waals surface area contributed by atoms with Crippen molar-refractivity contribution < 1.29 is 9.18 Å². The van der Waals surface area contributed by atoms with Gasteiger partial charge in [-0.2, -0.15) is 0 Å². The third kappa shape index (κ3) is 2.79. The molecule has 1 aliphatic heterocycles. The molecule has 2 rings (SSSR count). The highest BCUT2D eigenvalue weighted by Gasteiger charge is 2.25. The predicted molar refractivity (Wildman–Crippen MR) is 62.2 cm³/mol. The molecule has 1 amide bonds. The maximum Gasteiger partial charge on any atom is 0.255 e. The van der Waals surface area contributed by atoms with Crippen LogP contribution in [0.15, 0.2) is 18.5 Å². The lowest BCUT2D eigenvalue weighted by Gasteiger charge is -2.36. The molecule has 0 saturated carbocycles. The van der Waals surface area contributed by atoms with E-state index in [1.807, 2.05) is 13.8 Å². The quantitative estimate of drug-likeness (QED) is 0.794. The Morgan fingerprint density at radius 1 is 1.41 bits per heavy atom. The van der Waals surface area contributed by atoms with Crippen LogP contribution in [0.2, 0.25) is 0 Å². The first-order valence-electron chi connectivity index (χ1n) is 5.72. The average molecular weight is 237 g/mol. The van der Waals surface area contributed by atoms with Gasteiger partial charge in [-0.05, 0) is 19.9 Å². The highest BCUT2D eigenvalue weighted by Crippen LogP contribution is 2.10.